The van der Waals surface area contributed by atoms with Crippen LogP contribution in [0.2, 0.25) is 5.02 Å². The fourth-order valence-electron chi connectivity index (χ4n) is 1.68. The van der Waals surface area contributed by atoms with Crippen LogP contribution < -0.4 is 11.2 Å². The molecule has 6 heteroatoms. The van der Waals surface area contributed by atoms with Crippen molar-refractivity contribution in [1.82, 2.24) is 0 Å². The summed E-state index contributed by atoms with van der Waals surface area (Å²) in [5.41, 5.74) is 10.5. The van der Waals surface area contributed by atoms with Crippen LogP contribution in [0.25, 0.3) is 11.1 Å². The maximum absolute atomic E-state index is 8.78. The van der Waals surface area contributed by atoms with Crippen LogP contribution in [0.15, 0.2) is 53.6 Å². The Morgan fingerprint density at radius 2 is 1.90 bits per heavy atom. The normalized spacial score (nSPS) is 10.8. The van der Waals surface area contributed by atoms with Crippen molar-refractivity contribution in [2.24, 2.45) is 10.8 Å². The molecule has 0 aliphatic rings. The minimum Gasteiger partial charge on any atom is -0.382 e. The van der Waals surface area contributed by atoms with E-state index in [1.807, 2.05) is 42.5 Å². The van der Waals surface area contributed by atoms with Gasteiger partial charge < -0.3 is 5.73 Å². The zero-order chi connectivity index (χ0) is 15.2. The second kappa shape index (κ2) is 6.55. The lowest BCUT2D eigenvalue weighted by Gasteiger charge is -2.05. The third kappa shape index (κ3) is 3.81. The lowest BCUT2D eigenvalue weighted by molar-refractivity contribution is 1.33. The maximum atomic E-state index is 8.78. The van der Waals surface area contributed by atoms with Gasteiger partial charge in [0.25, 0.3) is 0 Å². The molecule has 0 aliphatic carbocycles. The number of anilines is 1. The molecule has 5 nitrogen and oxygen atoms in total. The largest absolute Gasteiger partial charge is 0.382 e. The van der Waals surface area contributed by atoms with Crippen molar-refractivity contribution in [3.8, 4) is 17.2 Å². The number of nitrogens with one attached hydrogen (secondary N) is 2. The van der Waals surface area contributed by atoms with Crippen LogP contribution in [-0.2, 0) is 0 Å². The van der Waals surface area contributed by atoms with Gasteiger partial charge >= 0.3 is 0 Å². The second-order valence-corrected chi connectivity index (χ2v) is 4.62. The molecule has 0 spiro atoms. The first-order chi connectivity index (χ1) is 10.1. The highest BCUT2D eigenvalue weighted by Gasteiger charge is 2.02. The van der Waals surface area contributed by atoms with E-state index in [9.17, 15) is 0 Å². The monoisotopic (exact) mass is 297 g/mol. The van der Waals surface area contributed by atoms with Crippen LogP contribution in [0, 0.1) is 16.7 Å². The topological polar surface area (TPSA) is 98.0 Å². The Bertz CT molecular complexity index is 728. The number of nitrogens with zero attached hydrogens (tertiary/aromatic N) is 2. The van der Waals surface area contributed by atoms with Crippen molar-refractivity contribution >= 4 is 28.8 Å². The second-order valence-electron chi connectivity index (χ2n) is 4.19. The van der Waals surface area contributed by atoms with E-state index in [2.05, 4.69) is 10.5 Å². The maximum Gasteiger partial charge on any atom is 0.201 e. The summed E-state index contributed by atoms with van der Waals surface area (Å²) < 4.78 is 0. The SMILES string of the molecule is N#C/C(=N\Nc1cccc(-c2ccc(Cl)cc2)c1)C(=N)N. The third-order valence-corrected chi connectivity index (χ3v) is 2.95. The standard InChI is InChI=1S/C15H12ClN5/c16-12-6-4-10(5-7-12)11-2-1-3-13(8-11)20-21-14(9-17)15(18)19/h1-8,20H,(H3,18,19)/b21-14+. The van der Waals surface area contributed by atoms with Crippen molar-refractivity contribution in [3.63, 3.8) is 0 Å². The molecule has 4 N–H and O–H groups in total. The van der Waals surface area contributed by atoms with Crippen LogP contribution in [0.4, 0.5) is 5.69 Å². The molecule has 0 saturated heterocycles. The van der Waals surface area contributed by atoms with E-state index in [0.29, 0.717) is 10.7 Å². The Kier molecular flexibility index (Phi) is 4.54. The molecule has 2 rings (SSSR count). The molecule has 0 aromatic heterocycles. The smallest absolute Gasteiger partial charge is 0.201 e. The molecule has 0 amide bonds. The first-order valence-electron chi connectivity index (χ1n) is 6.04. The van der Waals surface area contributed by atoms with E-state index >= 15 is 0 Å². The van der Waals surface area contributed by atoms with Crippen LogP contribution in [-0.4, -0.2) is 11.5 Å². The molecule has 0 unspecified atom stereocenters. The summed E-state index contributed by atoms with van der Waals surface area (Å²) in [4.78, 5) is 0. The molecule has 104 valence electrons. The molecule has 2 aromatic rings. The van der Waals surface area contributed by atoms with Gasteiger partial charge in [0.1, 0.15) is 6.07 Å². The summed E-state index contributed by atoms with van der Waals surface area (Å²) in [6.07, 6.45) is 0. The average Bonchev–Trinajstić information content (AvgIpc) is 2.48. The highest BCUT2D eigenvalue weighted by atomic mass is 35.5. The molecule has 0 atom stereocenters. The van der Waals surface area contributed by atoms with Crippen LogP contribution in [0.1, 0.15) is 0 Å². The van der Waals surface area contributed by atoms with E-state index < -0.39 is 0 Å². The Hall–Kier alpha value is -2.84. The van der Waals surface area contributed by atoms with E-state index in [1.165, 1.54) is 0 Å². The van der Waals surface area contributed by atoms with Crippen molar-refractivity contribution < 1.29 is 0 Å². The molecule has 0 saturated carbocycles. The molecule has 0 bridgehead atoms. The first kappa shape index (κ1) is 14.6. The Morgan fingerprint density at radius 3 is 2.52 bits per heavy atom. The van der Waals surface area contributed by atoms with Gasteiger partial charge in [0.2, 0.25) is 5.71 Å². The third-order valence-electron chi connectivity index (χ3n) is 2.70. The molecule has 0 fully saturated rings. The summed E-state index contributed by atoms with van der Waals surface area (Å²) in [7, 11) is 0. The Balaban J connectivity index is 2.24. The van der Waals surface area contributed by atoms with Gasteiger partial charge in [0, 0.05) is 5.02 Å². The number of hydrazone groups is 1. The van der Waals surface area contributed by atoms with E-state index in [1.54, 1.807) is 12.1 Å². The van der Waals surface area contributed by atoms with Crippen LogP contribution >= 0.6 is 11.6 Å². The predicted molar refractivity (Wildman–Crippen MR) is 85.5 cm³/mol. The first-order valence-corrected chi connectivity index (χ1v) is 6.42. The van der Waals surface area contributed by atoms with Gasteiger partial charge in [0.15, 0.2) is 5.84 Å². The van der Waals surface area contributed by atoms with Crippen molar-refractivity contribution in [2.75, 3.05) is 5.43 Å². The minimum absolute atomic E-state index is 0.160. The Labute approximate surface area is 127 Å². The van der Waals surface area contributed by atoms with E-state index in [-0.39, 0.29) is 11.5 Å². The number of amidine groups is 1. The number of nitriles is 1. The highest BCUT2D eigenvalue weighted by molar-refractivity contribution is 6.45. The molecule has 0 radical (unpaired) electrons. The van der Waals surface area contributed by atoms with Gasteiger partial charge in [0.05, 0.1) is 5.69 Å². The van der Waals surface area contributed by atoms with Gasteiger partial charge in [-0.15, -0.1) is 0 Å². The average molecular weight is 298 g/mol. The van der Waals surface area contributed by atoms with Crippen molar-refractivity contribution in [1.29, 1.82) is 10.7 Å². The number of hydrogen-bond donors (Lipinski definition) is 3. The summed E-state index contributed by atoms with van der Waals surface area (Å²) >= 11 is 5.87. The summed E-state index contributed by atoms with van der Waals surface area (Å²) in [5, 5.41) is 20.4. The van der Waals surface area contributed by atoms with Gasteiger partial charge in [-0.25, -0.2) is 0 Å². The lowest BCUT2D eigenvalue weighted by Crippen LogP contribution is -2.21. The van der Waals surface area contributed by atoms with Crippen molar-refractivity contribution in [2.45, 2.75) is 0 Å². The van der Waals surface area contributed by atoms with E-state index in [4.69, 9.17) is 28.0 Å². The predicted octanol–water partition coefficient (Wildman–Crippen LogP) is 3.23. The van der Waals surface area contributed by atoms with Crippen LogP contribution in [0.3, 0.4) is 0 Å². The zero-order valence-electron chi connectivity index (χ0n) is 11.0. The van der Waals surface area contributed by atoms with Crippen molar-refractivity contribution in [3.05, 3.63) is 53.6 Å². The number of benzene rings is 2. The number of halogens is 1. The molecular formula is C15H12ClN5. The highest BCUT2D eigenvalue weighted by Crippen LogP contribution is 2.24. The van der Waals surface area contributed by atoms with Gasteiger partial charge in [-0.1, -0.05) is 35.9 Å². The minimum atomic E-state index is -0.376. The van der Waals surface area contributed by atoms with Gasteiger partial charge in [-0.05, 0) is 35.4 Å². The summed E-state index contributed by atoms with van der Waals surface area (Å²) in [6, 6.07) is 16.7. The molecular weight excluding hydrogens is 286 g/mol. The van der Waals surface area contributed by atoms with Gasteiger partial charge in [-0.3, -0.25) is 10.8 Å². The Morgan fingerprint density at radius 1 is 1.19 bits per heavy atom. The molecule has 2 aromatic carbocycles. The zero-order valence-corrected chi connectivity index (χ0v) is 11.7. The number of hydrogen-bond acceptors (Lipinski definition) is 4. The fraction of sp³-hybridized carbons (Fsp3) is 0. The molecule has 0 aliphatic heterocycles. The lowest BCUT2D eigenvalue weighted by atomic mass is 10.1. The number of nitrogens with two attached hydrogens (primary N) is 1. The molecule has 0 heterocycles. The molecule has 21 heavy (non-hydrogen) atoms. The fourth-order valence-corrected chi connectivity index (χ4v) is 1.80. The summed E-state index contributed by atoms with van der Waals surface area (Å²) in [5.74, 6) is -0.376. The van der Waals surface area contributed by atoms with Crippen LogP contribution in [0.5, 0.6) is 0 Å². The van der Waals surface area contributed by atoms with E-state index in [0.717, 1.165) is 11.1 Å². The van der Waals surface area contributed by atoms with Gasteiger partial charge in [-0.2, -0.15) is 10.4 Å². The quantitative estimate of drug-likeness (QED) is 0.459. The number of rotatable bonds is 4. The summed E-state index contributed by atoms with van der Waals surface area (Å²) in [6.45, 7) is 0.